The van der Waals surface area contributed by atoms with E-state index >= 15 is 0 Å². The SMILES string of the molecule is CC[C@@H](C)NC(=O)[C@@H](CC)N(Cc1c(Cl)cccc1Cl)C(=O)CCCN(c1ccc2c(c1)OCO2)S(C)(=O)=O. The minimum atomic E-state index is -3.65. The van der Waals surface area contributed by atoms with Crippen molar-refractivity contribution in [2.45, 2.75) is 65.1 Å². The highest BCUT2D eigenvalue weighted by Gasteiger charge is 2.30. The van der Waals surface area contributed by atoms with Crippen molar-refractivity contribution in [3.05, 3.63) is 52.0 Å². The van der Waals surface area contributed by atoms with Crippen molar-refractivity contribution < 1.29 is 27.5 Å². The molecule has 2 amide bonds. The van der Waals surface area contributed by atoms with Gasteiger partial charge in [-0.05, 0) is 50.5 Å². The smallest absolute Gasteiger partial charge is 0.243 e. The molecule has 2 atom stereocenters. The number of rotatable bonds is 13. The molecular formula is C27H35Cl2N3O6S. The molecule has 0 aromatic heterocycles. The van der Waals surface area contributed by atoms with Gasteiger partial charge in [-0.2, -0.15) is 0 Å². The lowest BCUT2D eigenvalue weighted by molar-refractivity contribution is -0.141. The molecular weight excluding hydrogens is 565 g/mol. The number of benzene rings is 2. The van der Waals surface area contributed by atoms with Crippen molar-refractivity contribution in [1.29, 1.82) is 0 Å². The highest BCUT2D eigenvalue weighted by molar-refractivity contribution is 7.92. The first kappa shape index (κ1) is 30.8. The monoisotopic (exact) mass is 599 g/mol. The molecule has 0 radical (unpaired) electrons. The van der Waals surface area contributed by atoms with Crippen LogP contribution in [0.4, 0.5) is 5.69 Å². The van der Waals surface area contributed by atoms with E-state index in [4.69, 9.17) is 32.7 Å². The van der Waals surface area contributed by atoms with Gasteiger partial charge in [-0.3, -0.25) is 13.9 Å². The van der Waals surface area contributed by atoms with Gasteiger partial charge in [-0.25, -0.2) is 8.42 Å². The highest BCUT2D eigenvalue weighted by Crippen LogP contribution is 2.36. The molecule has 2 aromatic rings. The number of fused-ring (bicyclic) bond motifs is 1. The number of hydrogen-bond donors (Lipinski definition) is 1. The van der Waals surface area contributed by atoms with Gasteiger partial charge in [0.1, 0.15) is 6.04 Å². The van der Waals surface area contributed by atoms with Crippen LogP contribution in [-0.2, 0) is 26.2 Å². The van der Waals surface area contributed by atoms with Crippen LogP contribution >= 0.6 is 23.2 Å². The van der Waals surface area contributed by atoms with Gasteiger partial charge in [0, 0.05) is 47.2 Å². The number of hydrogen-bond acceptors (Lipinski definition) is 6. The van der Waals surface area contributed by atoms with E-state index in [1.54, 1.807) is 36.4 Å². The van der Waals surface area contributed by atoms with Crippen LogP contribution in [0, 0.1) is 0 Å². The summed E-state index contributed by atoms with van der Waals surface area (Å²) in [5.41, 5.74) is 0.954. The first-order valence-corrected chi connectivity index (χ1v) is 15.5. The number of carbonyl (C=O) groups excluding carboxylic acids is 2. The van der Waals surface area contributed by atoms with Crippen molar-refractivity contribution in [2.24, 2.45) is 0 Å². The molecule has 2 aromatic carbocycles. The minimum absolute atomic E-state index is 0.00571. The van der Waals surface area contributed by atoms with E-state index in [1.807, 2.05) is 20.8 Å². The number of amides is 2. The Balaban J connectivity index is 1.81. The zero-order valence-corrected chi connectivity index (χ0v) is 24.9. The standard InChI is InChI=1S/C27H35Cl2N3O6S/c1-5-18(3)30-27(34)23(6-2)31(16-20-21(28)9-7-10-22(20)29)26(33)11-8-14-32(39(4,35)36)19-12-13-24-25(15-19)38-17-37-24/h7,9-10,12-13,15,18,23H,5-6,8,11,14,16-17H2,1-4H3,(H,30,34)/t18-,23-/m1/s1. The number of carbonyl (C=O) groups is 2. The predicted octanol–water partition coefficient (Wildman–Crippen LogP) is 4.99. The average molecular weight is 601 g/mol. The molecule has 9 nitrogen and oxygen atoms in total. The third-order valence-electron chi connectivity index (χ3n) is 6.57. The summed E-state index contributed by atoms with van der Waals surface area (Å²) in [6.45, 7) is 5.87. The van der Waals surface area contributed by atoms with E-state index in [0.717, 1.165) is 12.7 Å². The first-order chi connectivity index (χ1) is 18.5. The van der Waals surface area contributed by atoms with Gasteiger partial charge in [-0.15, -0.1) is 0 Å². The first-order valence-electron chi connectivity index (χ1n) is 12.9. The number of nitrogens with one attached hydrogen (secondary N) is 1. The molecule has 0 saturated carbocycles. The largest absolute Gasteiger partial charge is 0.454 e. The molecule has 0 fully saturated rings. The topological polar surface area (TPSA) is 105 Å². The van der Waals surface area contributed by atoms with Crippen molar-refractivity contribution in [1.82, 2.24) is 10.2 Å². The van der Waals surface area contributed by atoms with Crippen molar-refractivity contribution in [3.63, 3.8) is 0 Å². The van der Waals surface area contributed by atoms with Crippen LogP contribution < -0.4 is 19.1 Å². The van der Waals surface area contributed by atoms with Crippen LogP contribution in [0.5, 0.6) is 11.5 Å². The summed E-state index contributed by atoms with van der Waals surface area (Å²) in [4.78, 5) is 28.2. The fourth-order valence-electron chi connectivity index (χ4n) is 4.26. The van der Waals surface area contributed by atoms with E-state index in [2.05, 4.69) is 5.32 Å². The lowest BCUT2D eigenvalue weighted by Crippen LogP contribution is -2.50. The van der Waals surface area contributed by atoms with Crippen molar-refractivity contribution in [2.75, 3.05) is 23.9 Å². The molecule has 39 heavy (non-hydrogen) atoms. The molecule has 1 N–H and O–H groups in total. The maximum atomic E-state index is 13.6. The molecule has 0 saturated heterocycles. The van der Waals surface area contributed by atoms with Gasteiger partial charge < -0.3 is 19.7 Å². The maximum Gasteiger partial charge on any atom is 0.243 e. The Morgan fingerprint density at radius 2 is 1.72 bits per heavy atom. The quantitative estimate of drug-likeness (QED) is 0.348. The summed E-state index contributed by atoms with van der Waals surface area (Å²) in [5, 5.41) is 3.74. The fraction of sp³-hybridized carbons (Fsp3) is 0.481. The fourth-order valence-corrected chi connectivity index (χ4v) is 5.73. The van der Waals surface area contributed by atoms with E-state index in [1.165, 1.54) is 9.21 Å². The normalized spacial score (nSPS) is 14.0. The van der Waals surface area contributed by atoms with Gasteiger partial charge in [-0.1, -0.05) is 43.1 Å². The summed E-state index contributed by atoms with van der Waals surface area (Å²) >= 11 is 12.8. The Morgan fingerprint density at radius 1 is 1.05 bits per heavy atom. The highest BCUT2D eigenvalue weighted by atomic mass is 35.5. The third kappa shape index (κ3) is 7.93. The van der Waals surface area contributed by atoms with Crippen LogP contribution in [0.15, 0.2) is 36.4 Å². The zero-order chi connectivity index (χ0) is 28.7. The average Bonchev–Trinajstić information content (AvgIpc) is 3.35. The molecule has 0 spiro atoms. The molecule has 0 unspecified atom stereocenters. The van der Waals surface area contributed by atoms with E-state index in [9.17, 15) is 18.0 Å². The van der Waals surface area contributed by atoms with E-state index in [0.29, 0.717) is 39.2 Å². The Hall–Kier alpha value is -2.69. The molecule has 0 aliphatic carbocycles. The van der Waals surface area contributed by atoms with Crippen LogP contribution in [0.25, 0.3) is 0 Å². The van der Waals surface area contributed by atoms with Crippen LogP contribution in [0.3, 0.4) is 0 Å². The number of anilines is 1. The summed E-state index contributed by atoms with van der Waals surface area (Å²) in [7, 11) is -3.65. The molecule has 12 heteroatoms. The minimum Gasteiger partial charge on any atom is -0.454 e. The molecule has 1 aliphatic heterocycles. The van der Waals surface area contributed by atoms with E-state index < -0.39 is 16.1 Å². The van der Waals surface area contributed by atoms with Crippen LogP contribution in [0.1, 0.15) is 52.0 Å². The lowest BCUT2D eigenvalue weighted by atomic mass is 10.1. The number of ether oxygens (including phenoxy) is 2. The third-order valence-corrected chi connectivity index (χ3v) is 8.48. The Kier molecular flexibility index (Phi) is 10.7. The van der Waals surface area contributed by atoms with Crippen molar-refractivity contribution >= 4 is 50.7 Å². The summed E-state index contributed by atoms with van der Waals surface area (Å²) in [5.74, 6) is 0.424. The van der Waals surface area contributed by atoms with Crippen LogP contribution in [0.2, 0.25) is 10.0 Å². The Morgan fingerprint density at radius 3 is 2.33 bits per heavy atom. The molecule has 3 rings (SSSR count). The van der Waals surface area contributed by atoms with Gasteiger partial charge in [0.25, 0.3) is 0 Å². The molecule has 1 aliphatic rings. The molecule has 214 valence electrons. The second-order valence-corrected chi connectivity index (χ2v) is 12.2. The summed E-state index contributed by atoms with van der Waals surface area (Å²) < 4.78 is 37.1. The van der Waals surface area contributed by atoms with E-state index in [-0.39, 0.29) is 50.6 Å². The van der Waals surface area contributed by atoms with Gasteiger partial charge in [0.2, 0.25) is 28.6 Å². The predicted molar refractivity (Wildman–Crippen MR) is 153 cm³/mol. The van der Waals surface area contributed by atoms with Crippen molar-refractivity contribution in [3.8, 4) is 11.5 Å². The van der Waals surface area contributed by atoms with Gasteiger partial charge in [0.05, 0.1) is 11.9 Å². The lowest BCUT2D eigenvalue weighted by Gasteiger charge is -2.32. The second kappa shape index (κ2) is 13.6. The van der Waals surface area contributed by atoms with Crippen LogP contribution in [-0.4, -0.2) is 56.8 Å². The number of sulfonamides is 1. The Bertz CT molecular complexity index is 1270. The molecule has 0 bridgehead atoms. The Labute approximate surface area is 240 Å². The van der Waals surface area contributed by atoms with Gasteiger partial charge >= 0.3 is 0 Å². The maximum absolute atomic E-state index is 13.6. The van der Waals surface area contributed by atoms with Gasteiger partial charge in [0.15, 0.2) is 11.5 Å². The summed E-state index contributed by atoms with van der Waals surface area (Å²) in [6.07, 6.45) is 2.45. The second-order valence-electron chi connectivity index (χ2n) is 9.44. The number of nitrogens with zero attached hydrogens (tertiary/aromatic N) is 2. The summed E-state index contributed by atoms with van der Waals surface area (Å²) in [6, 6.07) is 9.15. The number of halogens is 2. The molecule has 1 heterocycles. The zero-order valence-electron chi connectivity index (χ0n) is 22.6.